The minimum atomic E-state index is 0.939. The molecule has 0 rings (SSSR count). The average molecular weight is 177 g/mol. The van der Waals surface area contributed by atoms with E-state index in [2.05, 4.69) is 24.6 Å². The van der Waals surface area contributed by atoms with Gasteiger partial charge in [0.15, 0.2) is 0 Å². The molecule has 0 aliphatic carbocycles. The molecule has 1 heteroatoms. The van der Waals surface area contributed by atoms with Crippen molar-refractivity contribution < 1.29 is 0 Å². The zero-order valence-corrected chi connectivity index (χ0v) is 8.42. The van der Waals surface area contributed by atoms with Crippen LogP contribution in [0, 0.1) is 0 Å². The largest absolute Gasteiger partial charge is 0.313 e. The summed E-state index contributed by atoms with van der Waals surface area (Å²) >= 11 is 0. The lowest BCUT2D eigenvalue weighted by atomic mass is 10.2. The highest BCUT2D eigenvalue weighted by molar-refractivity contribution is 5.20. The molecule has 1 N–H and O–H groups in total. The van der Waals surface area contributed by atoms with Crippen molar-refractivity contribution in [1.29, 1.82) is 0 Å². The monoisotopic (exact) mass is 177 g/mol. The summed E-state index contributed by atoms with van der Waals surface area (Å²) in [5.74, 6) is 0. The zero-order valence-electron chi connectivity index (χ0n) is 8.42. The molecule has 0 aliphatic rings. The van der Waals surface area contributed by atoms with Crippen molar-refractivity contribution in [2.45, 2.75) is 13.3 Å². The van der Waals surface area contributed by atoms with Gasteiger partial charge in [0.2, 0.25) is 0 Å². The third-order valence-electron chi connectivity index (χ3n) is 1.68. The SMILES string of the molecule is C=C/C=C(\C=C)CCNC/C=C\C. The second-order valence-electron chi connectivity index (χ2n) is 2.70. The maximum atomic E-state index is 3.74. The van der Waals surface area contributed by atoms with Crippen LogP contribution in [0.25, 0.3) is 0 Å². The van der Waals surface area contributed by atoms with Gasteiger partial charge < -0.3 is 5.32 Å². The molecule has 0 saturated carbocycles. The Morgan fingerprint density at radius 1 is 1.38 bits per heavy atom. The van der Waals surface area contributed by atoms with Crippen molar-refractivity contribution in [3.8, 4) is 0 Å². The fraction of sp³-hybridized carbons (Fsp3) is 0.333. The molecular formula is C12H19N. The zero-order chi connectivity index (χ0) is 9.94. The summed E-state index contributed by atoms with van der Waals surface area (Å²) in [6.07, 6.45) is 10.8. The first kappa shape index (κ1) is 11.9. The lowest BCUT2D eigenvalue weighted by molar-refractivity contribution is 0.746. The summed E-state index contributed by atoms with van der Waals surface area (Å²) in [7, 11) is 0. The maximum Gasteiger partial charge on any atom is 0.0134 e. The maximum absolute atomic E-state index is 3.74. The van der Waals surface area contributed by atoms with E-state index in [9.17, 15) is 0 Å². The lowest BCUT2D eigenvalue weighted by Crippen LogP contribution is -2.15. The molecule has 0 atom stereocenters. The van der Waals surface area contributed by atoms with Crippen molar-refractivity contribution in [3.63, 3.8) is 0 Å². The molecule has 0 aliphatic heterocycles. The molecule has 0 saturated heterocycles. The number of nitrogens with one attached hydrogen (secondary N) is 1. The molecular weight excluding hydrogens is 158 g/mol. The summed E-state index contributed by atoms with van der Waals surface area (Å²) in [6.45, 7) is 11.3. The Bertz CT molecular complexity index is 199. The Labute approximate surface area is 81.5 Å². The van der Waals surface area contributed by atoms with E-state index >= 15 is 0 Å². The van der Waals surface area contributed by atoms with Gasteiger partial charge in [0.25, 0.3) is 0 Å². The summed E-state index contributed by atoms with van der Waals surface area (Å²) in [5, 5.41) is 3.30. The molecule has 72 valence electrons. The van der Waals surface area contributed by atoms with Gasteiger partial charge in [-0.05, 0) is 25.5 Å². The topological polar surface area (TPSA) is 12.0 Å². The van der Waals surface area contributed by atoms with Crippen LogP contribution in [0.5, 0.6) is 0 Å². The first-order valence-electron chi connectivity index (χ1n) is 4.61. The number of allylic oxidation sites excluding steroid dienone is 4. The van der Waals surface area contributed by atoms with E-state index in [1.54, 1.807) is 6.08 Å². The van der Waals surface area contributed by atoms with E-state index in [-0.39, 0.29) is 0 Å². The van der Waals surface area contributed by atoms with Gasteiger partial charge in [-0.15, -0.1) is 0 Å². The molecule has 0 radical (unpaired) electrons. The number of hydrogen-bond acceptors (Lipinski definition) is 1. The number of hydrogen-bond donors (Lipinski definition) is 1. The standard InChI is InChI=1S/C12H19N/c1-4-7-10-13-11-9-12(6-3)8-5-2/h4-8,13H,2-3,9-11H2,1H3/b7-4-,12-8+. The van der Waals surface area contributed by atoms with Crippen LogP contribution in [-0.2, 0) is 0 Å². The van der Waals surface area contributed by atoms with E-state index in [1.807, 2.05) is 25.2 Å². The summed E-state index contributed by atoms with van der Waals surface area (Å²) in [5.41, 5.74) is 1.22. The van der Waals surface area contributed by atoms with E-state index in [0.29, 0.717) is 0 Å². The van der Waals surface area contributed by atoms with Crippen molar-refractivity contribution in [2.24, 2.45) is 0 Å². The Morgan fingerprint density at radius 3 is 2.69 bits per heavy atom. The first-order valence-corrected chi connectivity index (χ1v) is 4.61. The third-order valence-corrected chi connectivity index (χ3v) is 1.68. The molecule has 0 unspecified atom stereocenters. The molecule has 0 spiro atoms. The van der Waals surface area contributed by atoms with Crippen LogP contribution in [0.3, 0.4) is 0 Å². The van der Waals surface area contributed by atoms with Gasteiger partial charge in [-0.3, -0.25) is 0 Å². The van der Waals surface area contributed by atoms with E-state index in [1.165, 1.54) is 5.57 Å². The van der Waals surface area contributed by atoms with Crippen LogP contribution >= 0.6 is 0 Å². The Balaban J connectivity index is 3.55. The normalized spacial score (nSPS) is 11.9. The smallest absolute Gasteiger partial charge is 0.0134 e. The highest BCUT2D eigenvalue weighted by Gasteiger charge is 1.89. The molecule has 0 fully saturated rings. The van der Waals surface area contributed by atoms with Crippen LogP contribution < -0.4 is 5.32 Å². The highest BCUT2D eigenvalue weighted by atomic mass is 14.8. The van der Waals surface area contributed by atoms with Crippen molar-refractivity contribution in [2.75, 3.05) is 13.1 Å². The van der Waals surface area contributed by atoms with Crippen molar-refractivity contribution >= 4 is 0 Å². The van der Waals surface area contributed by atoms with Crippen molar-refractivity contribution in [3.05, 3.63) is 49.1 Å². The fourth-order valence-electron chi connectivity index (χ4n) is 0.941. The quantitative estimate of drug-likeness (QED) is 0.358. The second kappa shape index (κ2) is 9.01. The summed E-state index contributed by atoms with van der Waals surface area (Å²) in [4.78, 5) is 0. The van der Waals surface area contributed by atoms with Gasteiger partial charge in [0.05, 0.1) is 0 Å². The van der Waals surface area contributed by atoms with Crippen LogP contribution in [0.4, 0.5) is 0 Å². The Hall–Kier alpha value is -1.08. The predicted molar refractivity (Wildman–Crippen MR) is 60.8 cm³/mol. The molecule has 0 aromatic rings. The van der Waals surface area contributed by atoms with E-state index < -0.39 is 0 Å². The summed E-state index contributed by atoms with van der Waals surface area (Å²) < 4.78 is 0. The van der Waals surface area contributed by atoms with Crippen molar-refractivity contribution in [1.82, 2.24) is 5.32 Å². The molecule has 0 amide bonds. The Kier molecular flexibility index (Phi) is 8.26. The third kappa shape index (κ3) is 7.29. The summed E-state index contributed by atoms with van der Waals surface area (Å²) in [6, 6.07) is 0. The van der Waals surface area contributed by atoms with Gasteiger partial charge in [-0.1, -0.05) is 43.5 Å². The van der Waals surface area contributed by atoms with Crippen LogP contribution in [0.2, 0.25) is 0 Å². The minimum Gasteiger partial charge on any atom is -0.313 e. The van der Waals surface area contributed by atoms with E-state index in [0.717, 1.165) is 19.5 Å². The van der Waals surface area contributed by atoms with Gasteiger partial charge >= 0.3 is 0 Å². The molecule has 0 aromatic carbocycles. The van der Waals surface area contributed by atoms with Gasteiger partial charge in [0, 0.05) is 6.54 Å². The van der Waals surface area contributed by atoms with Crippen LogP contribution in [0.15, 0.2) is 49.1 Å². The van der Waals surface area contributed by atoms with Crippen LogP contribution in [-0.4, -0.2) is 13.1 Å². The lowest BCUT2D eigenvalue weighted by Gasteiger charge is -2.01. The van der Waals surface area contributed by atoms with Gasteiger partial charge in [-0.25, -0.2) is 0 Å². The van der Waals surface area contributed by atoms with Crippen LogP contribution in [0.1, 0.15) is 13.3 Å². The second-order valence-corrected chi connectivity index (χ2v) is 2.70. The van der Waals surface area contributed by atoms with Gasteiger partial charge in [-0.2, -0.15) is 0 Å². The average Bonchev–Trinajstić information content (AvgIpc) is 2.16. The fourth-order valence-corrected chi connectivity index (χ4v) is 0.941. The number of rotatable bonds is 7. The first-order chi connectivity index (χ1) is 6.35. The minimum absolute atomic E-state index is 0.939. The molecule has 0 heterocycles. The van der Waals surface area contributed by atoms with E-state index in [4.69, 9.17) is 0 Å². The molecule has 1 nitrogen and oxygen atoms in total. The molecule has 13 heavy (non-hydrogen) atoms. The Morgan fingerprint density at radius 2 is 2.15 bits per heavy atom. The highest BCUT2D eigenvalue weighted by Crippen LogP contribution is 2.00. The van der Waals surface area contributed by atoms with Gasteiger partial charge in [0.1, 0.15) is 0 Å². The predicted octanol–water partition coefficient (Wildman–Crippen LogP) is 2.84. The molecule has 0 aromatic heterocycles. The molecule has 0 bridgehead atoms.